The molecule has 3 atom stereocenters. The van der Waals surface area contributed by atoms with Crippen molar-refractivity contribution in [2.24, 2.45) is 11.8 Å². The standard InChI is InChI=1S/C21H28N4O2S/c1-3-25-20(16-7-5-6-8-18(16)27-4-2)23-24-21(25)28-13-19(26)22-17-12-14-9-10-15(17)11-14/h5-8,14-15,17H,3-4,9-13H2,1-2H3,(H,22,26)/t14-,15+,17-/m0/s1. The van der Waals surface area contributed by atoms with E-state index in [0.717, 1.165) is 41.2 Å². The van der Waals surface area contributed by atoms with Crippen molar-refractivity contribution in [1.29, 1.82) is 0 Å². The van der Waals surface area contributed by atoms with E-state index in [4.69, 9.17) is 4.74 Å². The van der Waals surface area contributed by atoms with E-state index in [-0.39, 0.29) is 5.91 Å². The Bertz CT molecular complexity index is 838. The third-order valence-electron chi connectivity index (χ3n) is 5.88. The molecule has 0 spiro atoms. The topological polar surface area (TPSA) is 69.0 Å². The Balaban J connectivity index is 1.42. The van der Waals surface area contributed by atoms with Crippen molar-refractivity contribution in [3.63, 3.8) is 0 Å². The molecule has 7 heteroatoms. The predicted octanol–water partition coefficient (Wildman–Crippen LogP) is 3.76. The minimum atomic E-state index is 0.101. The summed E-state index contributed by atoms with van der Waals surface area (Å²) in [6.07, 6.45) is 5.07. The number of rotatable bonds is 8. The first-order chi connectivity index (χ1) is 13.7. The normalized spacial score (nSPS) is 23.1. The van der Waals surface area contributed by atoms with Crippen LogP contribution in [0.4, 0.5) is 0 Å². The molecule has 1 aromatic heterocycles. The molecule has 0 aliphatic heterocycles. The molecule has 2 aliphatic carbocycles. The third kappa shape index (κ3) is 3.90. The lowest BCUT2D eigenvalue weighted by Gasteiger charge is -2.22. The van der Waals surface area contributed by atoms with Crippen LogP contribution in [0.3, 0.4) is 0 Å². The summed E-state index contributed by atoms with van der Waals surface area (Å²) in [5.74, 6) is 3.59. The van der Waals surface area contributed by atoms with Crippen molar-refractivity contribution in [3.8, 4) is 17.1 Å². The summed E-state index contributed by atoms with van der Waals surface area (Å²) in [6.45, 7) is 5.37. The molecular weight excluding hydrogens is 372 g/mol. The van der Waals surface area contributed by atoms with Gasteiger partial charge in [0.1, 0.15) is 5.75 Å². The number of benzene rings is 1. The van der Waals surface area contributed by atoms with Gasteiger partial charge in [0.2, 0.25) is 5.91 Å². The van der Waals surface area contributed by atoms with Crippen LogP contribution in [0.2, 0.25) is 0 Å². The van der Waals surface area contributed by atoms with E-state index in [1.54, 1.807) is 0 Å². The van der Waals surface area contributed by atoms with Crippen LogP contribution in [0.25, 0.3) is 11.4 Å². The highest BCUT2D eigenvalue weighted by molar-refractivity contribution is 7.99. The Hall–Kier alpha value is -2.02. The first-order valence-corrected chi connectivity index (χ1v) is 11.3. The second-order valence-corrected chi connectivity index (χ2v) is 8.56. The van der Waals surface area contributed by atoms with Crippen LogP contribution in [0.1, 0.15) is 39.5 Å². The number of nitrogens with zero attached hydrogens (tertiary/aromatic N) is 3. The quantitative estimate of drug-likeness (QED) is 0.683. The summed E-state index contributed by atoms with van der Waals surface area (Å²) in [5, 5.41) is 12.8. The average Bonchev–Trinajstić information content (AvgIpc) is 3.42. The molecule has 2 aliphatic rings. The maximum Gasteiger partial charge on any atom is 0.230 e. The Kier molecular flexibility index (Phi) is 5.90. The number of thioether (sulfide) groups is 1. The molecule has 0 radical (unpaired) electrons. The van der Waals surface area contributed by atoms with Gasteiger partial charge in [0.05, 0.1) is 17.9 Å². The van der Waals surface area contributed by atoms with Gasteiger partial charge in [-0.15, -0.1) is 10.2 Å². The number of amides is 1. The number of para-hydroxylation sites is 1. The minimum absolute atomic E-state index is 0.101. The van der Waals surface area contributed by atoms with Gasteiger partial charge in [0, 0.05) is 12.6 Å². The lowest BCUT2D eigenvalue weighted by atomic mass is 9.95. The summed E-state index contributed by atoms with van der Waals surface area (Å²) >= 11 is 1.45. The Morgan fingerprint density at radius 1 is 1.25 bits per heavy atom. The zero-order chi connectivity index (χ0) is 19.5. The molecule has 1 aromatic carbocycles. The van der Waals surface area contributed by atoms with Gasteiger partial charge in [-0.2, -0.15) is 0 Å². The number of carbonyl (C=O) groups is 1. The van der Waals surface area contributed by atoms with E-state index < -0.39 is 0 Å². The van der Waals surface area contributed by atoms with Crippen LogP contribution in [0, 0.1) is 11.8 Å². The summed E-state index contributed by atoms with van der Waals surface area (Å²) < 4.78 is 7.79. The Morgan fingerprint density at radius 2 is 2.11 bits per heavy atom. The Morgan fingerprint density at radius 3 is 2.82 bits per heavy atom. The fourth-order valence-corrected chi connectivity index (χ4v) is 5.43. The number of carbonyl (C=O) groups excluding carboxylic acids is 1. The molecular formula is C21H28N4O2S. The first kappa shape index (κ1) is 19.3. The van der Waals surface area contributed by atoms with Crippen LogP contribution < -0.4 is 10.1 Å². The fourth-order valence-electron chi connectivity index (χ4n) is 4.61. The summed E-state index contributed by atoms with van der Waals surface area (Å²) in [4.78, 5) is 12.5. The van der Waals surface area contributed by atoms with Crippen molar-refractivity contribution >= 4 is 17.7 Å². The highest BCUT2D eigenvalue weighted by atomic mass is 32.2. The molecule has 2 saturated carbocycles. The molecule has 2 aromatic rings. The van der Waals surface area contributed by atoms with Crippen molar-refractivity contribution in [3.05, 3.63) is 24.3 Å². The van der Waals surface area contributed by atoms with Gasteiger partial charge in [0.15, 0.2) is 11.0 Å². The van der Waals surface area contributed by atoms with Crippen LogP contribution in [-0.4, -0.2) is 39.1 Å². The Labute approximate surface area is 170 Å². The van der Waals surface area contributed by atoms with Crippen molar-refractivity contribution in [2.75, 3.05) is 12.4 Å². The monoisotopic (exact) mass is 400 g/mol. The van der Waals surface area contributed by atoms with Gasteiger partial charge >= 0.3 is 0 Å². The molecule has 28 heavy (non-hydrogen) atoms. The van der Waals surface area contributed by atoms with E-state index in [1.807, 2.05) is 35.8 Å². The zero-order valence-electron chi connectivity index (χ0n) is 16.6. The predicted molar refractivity (Wildman–Crippen MR) is 110 cm³/mol. The van der Waals surface area contributed by atoms with Gasteiger partial charge in [-0.3, -0.25) is 4.79 Å². The molecule has 150 valence electrons. The maximum absolute atomic E-state index is 12.5. The molecule has 2 bridgehead atoms. The van der Waals surface area contributed by atoms with E-state index in [0.29, 0.717) is 24.3 Å². The largest absolute Gasteiger partial charge is 0.493 e. The number of hydrogen-bond acceptors (Lipinski definition) is 5. The smallest absolute Gasteiger partial charge is 0.230 e. The molecule has 2 fully saturated rings. The van der Waals surface area contributed by atoms with Crippen molar-refractivity contribution < 1.29 is 9.53 Å². The molecule has 1 heterocycles. The van der Waals surface area contributed by atoms with E-state index >= 15 is 0 Å². The molecule has 0 unspecified atom stereocenters. The average molecular weight is 401 g/mol. The number of aromatic nitrogens is 3. The van der Waals surface area contributed by atoms with Crippen molar-refractivity contribution in [2.45, 2.75) is 57.3 Å². The number of ether oxygens (including phenoxy) is 1. The van der Waals surface area contributed by atoms with Crippen molar-refractivity contribution in [1.82, 2.24) is 20.1 Å². The summed E-state index contributed by atoms with van der Waals surface area (Å²) in [7, 11) is 0. The van der Waals surface area contributed by atoms with E-state index in [9.17, 15) is 4.79 Å². The van der Waals surface area contributed by atoms with E-state index in [2.05, 4.69) is 22.4 Å². The van der Waals surface area contributed by atoms with E-state index in [1.165, 1.54) is 31.0 Å². The van der Waals surface area contributed by atoms with Crippen LogP contribution >= 0.6 is 11.8 Å². The number of hydrogen-bond donors (Lipinski definition) is 1. The van der Waals surface area contributed by atoms with Crippen LogP contribution in [0.15, 0.2) is 29.4 Å². The maximum atomic E-state index is 12.5. The van der Waals surface area contributed by atoms with Gasteiger partial charge in [-0.05, 0) is 57.1 Å². The first-order valence-electron chi connectivity index (χ1n) is 10.3. The number of fused-ring (bicyclic) bond motifs is 2. The van der Waals surface area contributed by atoms with Gasteiger partial charge in [-0.1, -0.05) is 30.3 Å². The molecule has 4 rings (SSSR count). The lowest BCUT2D eigenvalue weighted by molar-refractivity contribution is -0.119. The van der Waals surface area contributed by atoms with Gasteiger partial charge in [0.25, 0.3) is 0 Å². The molecule has 0 saturated heterocycles. The van der Waals surface area contributed by atoms with Crippen LogP contribution in [0.5, 0.6) is 5.75 Å². The minimum Gasteiger partial charge on any atom is -0.493 e. The second kappa shape index (κ2) is 8.55. The molecule has 1 N–H and O–H groups in total. The van der Waals surface area contributed by atoms with Crippen LogP contribution in [-0.2, 0) is 11.3 Å². The lowest BCUT2D eigenvalue weighted by Crippen LogP contribution is -2.39. The second-order valence-electron chi connectivity index (χ2n) is 7.62. The fraction of sp³-hybridized carbons (Fsp3) is 0.571. The highest BCUT2D eigenvalue weighted by Crippen LogP contribution is 2.44. The summed E-state index contributed by atoms with van der Waals surface area (Å²) in [5.41, 5.74) is 0.928. The highest BCUT2D eigenvalue weighted by Gasteiger charge is 2.40. The number of nitrogens with one attached hydrogen (secondary N) is 1. The van der Waals surface area contributed by atoms with Gasteiger partial charge in [-0.25, -0.2) is 0 Å². The SMILES string of the molecule is CCOc1ccccc1-c1nnc(SCC(=O)N[C@H]2C[C@H]3CC[C@@H]2C3)n1CC. The zero-order valence-corrected chi connectivity index (χ0v) is 17.4. The third-order valence-corrected chi connectivity index (χ3v) is 6.84. The summed E-state index contributed by atoms with van der Waals surface area (Å²) in [6, 6.07) is 8.25. The molecule has 1 amide bonds. The molecule has 6 nitrogen and oxygen atoms in total. The van der Waals surface area contributed by atoms with Gasteiger partial charge < -0.3 is 14.6 Å².